The third kappa shape index (κ3) is 3.12. The molecule has 1 N–H and O–H groups in total. The van der Waals surface area contributed by atoms with E-state index in [2.05, 4.69) is 11.9 Å². The minimum absolute atomic E-state index is 0.218. The van der Waals surface area contributed by atoms with Gasteiger partial charge in [0.25, 0.3) is 0 Å². The molecule has 1 heterocycles. The molecule has 1 saturated heterocycles. The number of aliphatic hydroxyl groups is 1. The van der Waals surface area contributed by atoms with Crippen LogP contribution < -0.4 is 4.74 Å². The second kappa shape index (κ2) is 5.25. The first-order valence-corrected chi connectivity index (χ1v) is 6.27. The Morgan fingerprint density at radius 3 is 2.82 bits per heavy atom. The van der Waals surface area contributed by atoms with E-state index in [0.717, 1.165) is 25.1 Å². The van der Waals surface area contributed by atoms with Gasteiger partial charge in [0, 0.05) is 13.1 Å². The number of aliphatic hydroxyl groups excluding tert-OH is 1. The lowest BCUT2D eigenvalue weighted by Gasteiger charge is -2.16. The van der Waals surface area contributed by atoms with Crippen molar-refractivity contribution in [3.63, 3.8) is 0 Å². The molecule has 0 bridgehead atoms. The van der Waals surface area contributed by atoms with Gasteiger partial charge < -0.3 is 14.7 Å². The molecule has 1 aliphatic heterocycles. The number of nitrogens with zero attached hydrogens (tertiary/aromatic N) is 1. The quantitative estimate of drug-likeness (QED) is 0.901. The van der Waals surface area contributed by atoms with Crippen LogP contribution in [-0.2, 0) is 0 Å². The smallest absolute Gasteiger partial charge is 0.138 e. The molecule has 1 aromatic carbocycles. The highest BCUT2D eigenvalue weighted by Crippen LogP contribution is 2.29. The number of halogens is 1. The summed E-state index contributed by atoms with van der Waals surface area (Å²) in [6.45, 7) is 3.72. The fourth-order valence-corrected chi connectivity index (χ4v) is 2.28. The Balaban J connectivity index is 2.06. The average Bonchev–Trinajstić information content (AvgIpc) is 2.67. The molecule has 2 atom stereocenters. The second-order valence-electron chi connectivity index (χ2n) is 4.66. The van der Waals surface area contributed by atoms with Gasteiger partial charge in [0.1, 0.15) is 11.9 Å². The van der Waals surface area contributed by atoms with Gasteiger partial charge in [0.05, 0.1) is 11.1 Å². The summed E-state index contributed by atoms with van der Waals surface area (Å²) in [7, 11) is 2.08. The summed E-state index contributed by atoms with van der Waals surface area (Å²) >= 11 is 6.14. The lowest BCUT2D eigenvalue weighted by atomic mass is 10.1. The van der Waals surface area contributed by atoms with E-state index < -0.39 is 6.10 Å². The maximum absolute atomic E-state index is 9.45. The standard InChI is InChI=1S/C13H18ClNO2/c1-9(16)10-3-4-13(12(14)7-10)17-11-5-6-15(2)8-11/h3-4,7,9,11,16H,5-6,8H2,1-2H3. The largest absolute Gasteiger partial charge is 0.487 e. The predicted molar refractivity (Wildman–Crippen MR) is 68.6 cm³/mol. The fourth-order valence-electron chi connectivity index (χ4n) is 2.04. The molecule has 0 aromatic heterocycles. The molecule has 2 unspecified atom stereocenters. The van der Waals surface area contributed by atoms with Crippen LogP contribution >= 0.6 is 11.6 Å². The van der Waals surface area contributed by atoms with Crippen molar-refractivity contribution in [2.75, 3.05) is 20.1 Å². The van der Waals surface area contributed by atoms with Crippen LogP contribution in [0.4, 0.5) is 0 Å². The van der Waals surface area contributed by atoms with Crippen LogP contribution in [-0.4, -0.2) is 36.2 Å². The molecule has 1 fully saturated rings. The molecule has 0 amide bonds. The van der Waals surface area contributed by atoms with Gasteiger partial charge in [-0.15, -0.1) is 0 Å². The van der Waals surface area contributed by atoms with E-state index in [1.807, 2.05) is 12.1 Å². The monoisotopic (exact) mass is 255 g/mol. The van der Waals surface area contributed by atoms with Crippen LogP contribution in [0.25, 0.3) is 0 Å². The summed E-state index contributed by atoms with van der Waals surface area (Å²) in [5.41, 5.74) is 0.811. The van der Waals surface area contributed by atoms with Gasteiger partial charge in [0.15, 0.2) is 0 Å². The summed E-state index contributed by atoms with van der Waals surface area (Å²) in [6, 6.07) is 5.45. The van der Waals surface area contributed by atoms with E-state index in [1.54, 1.807) is 13.0 Å². The Morgan fingerprint density at radius 1 is 1.53 bits per heavy atom. The number of rotatable bonds is 3. The Morgan fingerprint density at radius 2 is 2.29 bits per heavy atom. The van der Waals surface area contributed by atoms with Crippen molar-refractivity contribution in [2.24, 2.45) is 0 Å². The van der Waals surface area contributed by atoms with Gasteiger partial charge >= 0.3 is 0 Å². The van der Waals surface area contributed by atoms with E-state index >= 15 is 0 Å². The highest BCUT2D eigenvalue weighted by molar-refractivity contribution is 6.32. The minimum atomic E-state index is -0.501. The SMILES string of the molecule is CC(O)c1ccc(OC2CCN(C)C2)c(Cl)c1. The average molecular weight is 256 g/mol. The molecule has 17 heavy (non-hydrogen) atoms. The zero-order valence-electron chi connectivity index (χ0n) is 10.2. The zero-order valence-corrected chi connectivity index (χ0v) is 10.9. The highest BCUT2D eigenvalue weighted by Gasteiger charge is 2.21. The summed E-state index contributed by atoms with van der Waals surface area (Å²) in [6.07, 6.45) is 0.749. The van der Waals surface area contributed by atoms with E-state index in [9.17, 15) is 5.11 Å². The number of likely N-dealkylation sites (N-methyl/N-ethyl adjacent to an activating group) is 1. The summed E-state index contributed by atoms with van der Waals surface area (Å²) in [4.78, 5) is 2.24. The number of likely N-dealkylation sites (tertiary alicyclic amines) is 1. The minimum Gasteiger partial charge on any atom is -0.487 e. The second-order valence-corrected chi connectivity index (χ2v) is 5.06. The maximum Gasteiger partial charge on any atom is 0.138 e. The predicted octanol–water partition coefficient (Wildman–Crippen LogP) is 2.48. The molecule has 0 aliphatic carbocycles. The Kier molecular flexibility index (Phi) is 3.92. The van der Waals surface area contributed by atoms with Crippen molar-refractivity contribution >= 4 is 11.6 Å². The van der Waals surface area contributed by atoms with Crippen LogP contribution in [0.15, 0.2) is 18.2 Å². The van der Waals surface area contributed by atoms with Gasteiger partial charge in [-0.25, -0.2) is 0 Å². The van der Waals surface area contributed by atoms with E-state index in [4.69, 9.17) is 16.3 Å². The highest BCUT2D eigenvalue weighted by atomic mass is 35.5. The van der Waals surface area contributed by atoms with E-state index in [1.165, 1.54) is 0 Å². The van der Waals surface area contributed by atoms with E-state index in [0.29, 0.717) is 10.8 Å². The summed E-state index contributed by atoms with van der Waals surface area (Å²) in [5, 5.41) is 10.0. The van der Waals surface area contributed by atoms with Crippen molar-refractivity contribution < 1.29 is 9.84 Å². The van der Waals surface area contributed by atoms with E-state index in [-0.39, 0.29) is 6.10 Å². The van der Waals surface area contributed by atoms with Gasteiger partial charge in [-0.2, -0.15) is 0 Å². The molecule has 2 rings (SSSR count). The Labute approximate surface area is 107 Å². The first kappa shape index (κ1) is 12.7. The number of ether oxygens (including phenoxy) is 1. The zero-order chi connectivity index (χ0) is 12.4. The van der Waals surface area contributed by atoms with Crippen molar-refractivity contribution in [1.29, 1.82) is 0 Å². The van der Waals surface area contributed by atoms with Crippen molar-refractivity contribution in [2.45, 2.75) is 25.6 Å². The summed E-state index contributed by atoms with van der Waals surface area (Å²) < 4.78 is 5.86. The topological polar surface area (TPSA) is 32.7 Å². The molecule has 1 aliphatic rings. The van der Waals surface area contributed by atoms with Crippen LogP contribution in [0.5, 0.6) is 5.75 Å². The van der Waals surface area contributed by atoms with Crippen molar-refractivity contribution in [3.8, 4) is 5.75 Å². The van der Waals surface area contributed by atoms with Gasteiger partial charge in [0.2, 0.25) is 0 Å². The number of hydrogen-bond donors (Lipinski definition) is 1. The molecular formula is C13H18ClNO2. The first-order chi connectivity index (χ1) is 8.06. The molecule has 3 nitrogen and oxygen atoms in total. The first-order valence-electron chi connectivity index (χ1n) is 5.89. The van der Waals surface area contributed by atoms with Crippen LogP contribution in [0.3, 0.4) is 0 Å². The maximum atomic E-state index is 9.45. The van der Waals surface area contributed by atoms with Crippen LogP contribution in [0, 0.1) is 0 Å². The molecule has 4 heteroatoms. The third-order valence-electron chi connectivity index (χ3n) is 3.08. The number of benzene rings is 1. The van der Waals surface area contributed by atoms with Gasteiger partial charge in [-0.1, -0.05) is 17.7 Å². The Hall–Kier alpha value is -0.770. The molecule has 0 radical (unpaired) electrons. The molecule has 0 saturated carbocycles. The van der Waals surface area contributed by atoms with Crippen molar-refractivity contribution in [1.82, 2.24) is 4.90 Å². The van der Waals surface area contributed by atoms with Gasteiger partial charge in [-0.05, 0) is 38.1 Å². The fraction of sp³-hybridized carbons (Fsp3) is 0.538. The number of hydrogen-bond acceptors (Lipinski definition) is 3. The third-order valence-corrected chi connectivity index (χ3v) is 3.38. The normalized spacial score (nSPS) is 22.7. The molecule has 94 valence electrons. The van der Waals surface area contributed by atoms with Crippen molar-refractivity contribution in [3.05, 3.63) is 28.8 Å². The molecule has 1 aromatic rings. The lowest BCUT2D eigenvalue weighted by molar-refractivity contribution is 0.197. The van der Waals surface area contributed by atoms with Crippen LogP contribution in [0.1, 0.15) is 25.0 Å². The molecule has 0 spiro atoms. The Bertz CT molecular complexity index is 395. The molecular weight excluding hydrogens is 238 g/mol. The van der Waals surface area contributed by atoms with Crippen LogP contribution in [0.2, 0.25) is 5.02 Å². The summed E-state index contributed by atoms with van der Waals surface area (Å²) in [5.74, 6) is 0.705. The van der Waals surface area contributed by atoms with Gasteiger partial charge in [-0.3, -0.25) is 0 Å². The lowest BCUT2D eigenvalue weighted by Crippen LogP contribution is -2.21.